The maximum atomic E-state index is 12.7. The first-order chi connectivity index (χ1) is 9.94. The Labute approximate surface area is 125 Å². The lowest BCUT2D eigenvalue weighted by molar-refractivity contribution is -0.136. The van der Waals surface area contributed by atoms with Gasteiger partial charge in [-0.3, -0.25) is 9.59 Å². The molecule has 1 aromatic heterocycles. The van der Waals surface area contributed by atoms with Crippen molar-refractivity contribution in [1.29, 1.82) is 0 Å². The molecule has 0 fully saturated rings. The third kappa shape index (κ3) is 4.34. The van der Waals surface area contributed by atoms with Crippen molar-refractivity contribution in [3.05, 3.63) is 23.2 Å². The number of hydrogen-bond acceptors (Lipinski definition) is 3. The zero-order valence-corrected chi connectivity index (χ0v) is 13.3. The molecule has 5 heteroatoms. The molecule has 0 spiro atoms. The number of carboxylic acid groups (broad SMARTS) is 1. The zero-order valence-electron chi connectivity index (χ0n) is 13.3. The first kappa shape index (κ1) is 17.3. The van der Waals surface area contributed by atoms with Gasteiger partial charge in [-0.05, 0) is 19.8 Å². The second kappa shape index (κ2) is 7.86. The molecule has 1 aromatic rings. The fraction of sp³-hybridized carbons (Fsp3) is 0.625. The van der Waals surface area contributed by atoms with Crippen molar-refractivity contribution in [3.63, 3.8) is 0 Å². The van der Waals surface area contributed by atoms with Crippen molar-refractivity contribution in [2.45, 2.75) is 47.0 Å². The molecule has 1 amide bonds. The molecule has 5 nitrogen and oxygen atoms in total. The highest BCUT2D eigenvalue weighted by molar-refractivity contribution is 5.97. The summed E-state index contributed by atoms with van der Waals surface area (Å²) in [4.78, 5) is 25.4. The highest BCUT2D eigenvalue weighted by atomic mass is 16.4. The summed E-state index contributed by atoms with van der Waals surface area (Å²) in [6, 6.07) is 0. The molecule has 0 saturated heterocycles. The average molecular weight is 295 g/mol. The number of aliphatic carboxylic acids is 1. The number of amides is 1. The van der Waals surface area contributed by atoms with E-state index in [4.69, 9.17) is 9.52 Å². The topological polar surface area (TPSA) is 70.8 Å². The van der Waals surface area contributed by atoms with E-state index in [1.54, 1.807) is 11.8 Å². The van der Waals surface area contributed by atoms with E-state index in [1.165, 1.54) is 6.26 Å². The van der Waals surface area contributed by atoms with Crippen molar-refractivity contribution >= 4 is 11.9 Å². The van der Waals surface area contributed by atoms with Gasteiger partial charge in [0.15, 0.2) is 0 Å². The zero-order chi connectivity index (χ0) is 16.0. The third-order valence-electron chi connectivity index (χ3n) is 3.88. The number of carbonyl (C=O) groups is 2. The van der Waals surface area contributed by atoms with Crippen LogP contribution >= 0.6 is 0 Å². The van der Waals surface area contributed by atoms with Gasteiger partial charge in [-0.1, -0.05) is 26.7 Å². The summed E-state index contributed by atoms with van der Waals surface area (Å²) in [5.41, 5.74) is 1.10. The van der Waals surface area contributed by atoms with Crippen LogP contribution < -0.4 is 0 Å². The summed E-state index contributed by atoms with van der Waals surface area (Å²) in [5.74, 6) is -0.426. The standard InChI is InChI=1S/C16H25NO4/c1-5-12(6-2)9-17(7-3)16(20)15-11(4)10-21-13(15)8-14(18)19/h10,12H,5-9H2,1-4H3,(H,18,19). The Morgan fingerprint density at radius 2 is 1.90 bits per heavy atom. The van der Waals surface area contributed by atoms with Gasteiger partial charge in [0, 0.05) is 18.7 Å². The molecule has 0 saturated carbocycles. The molecular weight excluding hydrogens is 270 g/mol. The fourth-order valence-corrected chi connectivity index (χ4v) is 2.42. The smallest absolute Gasteiger partial charge is 0.311 e. The van der Waals surface area contributed by atoms with E-state index < -0.39 is 5.97 Å². The number of furan rings is 1. The van der Waals surface area contributed by atoms with Gasteiger partial charge >= 0.3 is 5.97 Å². The molecule has 118 valence electrons. The second-order valence-corrected chi connectivity index (χ2v) is 5.31. The van der Waals surface area contributed by atoms with Crippen LogP contribution in [-0.4, -0.2) is 35.0 Å². The third-order valence-corrected chi connectivity index (χ3v) is 3.88. The molecule has 0 aliphatic rings. The van der Waals surface area contributed by atoms with Crippen molar-refractivity contribution in [1.82, 2.24) is 4.90 Å². The predicted molar refractivity (Wildman–Crippen MR) is 80.4 cm³/mol. The molecule has 0 atom stereocenters. The Morgan fingerprint density at radius 3 is 2.38 bits per heavy atom. The average Bonchev–Trinajstić information content (AvgIpc) is 2.80. The predicted octanol–water partition coefficient (Wildman–Crippen LogP) is 3.11. The molecule has 0 bridgehead atoms. The Bertz CT molecular complexity index is 488. The van der Waals surface area contributed by atoms with Crippen LogP contribution in [-0.2, 0) is 11.2 Å². The van der Waals surface area contributed by atoms with Crippen LogP contribution in [0.5, 0.6) is 0 Å². The monoisotopic (exact) mass is 295 g/mol. The number of nitrogens with zero attached hydrogens (tertiary/aromatic N) is 1. The van der Waals surface area contributed by atoms with Gasteiger partial charge in [-0.25, -0.2) is 0 Å². The first-order valence-corrected chi connectivity index (χ1v) is 7.52. The molecule has 1 heterocycles. The van der Waals surface area contributed by atoms with Gasteiger partial charge in [0.2, 0.25) is 0 Å². The quantitative estimate of drug-likeness (QED) is 0.800. The van der Waals surface area contributed by atoms with Crippen LogP contribution in [0.15, 0.2) is 10.7 Å². The van der Waals surface area contributed by atoms with Crippen LogP contribution in [0.3, 0.4) is 0 Å². The Balaban J connectivity index is 2.99. The number of carbonyl (C=O) groups excluding carboxylic acids is 1. The van der Waals surface area contributed by atoms with Crippen LogP contribution in [0.2, 0.25) is 0 Å². The molecule has 0 aliphatic carbocycles. The Hall–Kier alpha value is -1.78. The molecule has 1 N–H and O–H groups in total. The van der Waals surface area contributed by atoms with Crippen LogP contribution in [0, 0.1) is 12.8 Å². The minimum absolute atomic E-state index is 0.132. The minimum Gasteiger partial charge on any atom is -0.481 e. The highest BCUT2D eigenvalue weighted by Crippen LogP contribution is 2.21. The second-order valence-electron chi connectivity index (χ2n) is 5.31. The first-order valence-electron chi connectivity index (χ1n) is 7.52. The van der Waals surface area contributed by atoms with Gasteiger partial charge in [-0.2, -0.15) is 0 Å². The summed E-state index contributed by atoms with van der Waals surface area (Å²) in [5, 5.41) is 8.91. The van der Waals surface area contributed by atoms with Gasteiger partial charge < -0.3 is 14.4 Å². The van der Waals surface area contributed by atoms with E-state index in [0.29, 0.717) is 30.1 Å². The van der Waals surface area contributed by atoms with Crippen LogP contribution in [0.4, 0.5) is 0 Å². The molecule has 0 unspecified atom stereocenters. The SMILES string of the molecule is CCC(CC)CN(CC)C(=O)c1c(C)coc1CC(=O)O. The largest absolute Gasteiger partial charge is 0.481 e. The molecule has 1 rings (SSSR count). The van der Waals surface area contributed by atoms with E-state index in [1.807, 2.05) is 6.92 Å². The van der Waals surface area contributed by atoms with E-state index in [2.05, 4.69) is 13.8 Å². The maximum Gasteiger partial charge on any atom is 0.311 e. The van der Waals surface area contributed by atoms with E-state index in [0.717, 1.165) is 12.8 Å². The van der Waals surface area contributed by atoms with Crippen molar-refractivity contribution in [3.8, 4) is 0 Å². The number of carboxylic acids is 1. The summed E-state index contributed by atoms with van der Waals surface area (Å²) in [6.45, 7) is 9.24. The Kier molecular flexibility index (Phi) is 6.46. The highest BCUT2D eigenvalue weighted by Gasteiger charge is 2.25. The van der Waals surface area contributed by atoms with Gasteiger partial charge in [0.25, 0.3) is 5.91 Å². The van der Waals surface area contributed by atoms with Crippen molar-refractivity contribution in [2.75, 3.05) is 13.1 Å². The van der Waals surface area contributed by atoms with Crippen LogP contribution in [0.25, 0.3) is 0 Å². The molecule has 0 aromatic carbocycles. The van der Waals surface area contributed by atoms with Crippen molar-refractivity contribution in [2.24, 2.45) is 5.92 Å². The molecule has 0 aliphatic heterocycles. The number of rotatable bonds is 8. The maximum absolute atomic E-state index is 12.7. The summed E-state index contributed by atoms with van der Waals surface area (Å²) in [7, 11) is 0. The molecule has 0 radical (unpaired) electrons. The normalized spacial score (nSPS) is 10.9. The van der Waals surface area contributed by atoms with Gasteiger partial charge in [0.1, 0.15) is 12.2 Å². The van der Waals surface area contributed by atoms with E-state index in [9.17, 15) is 9.59 Å². The van der Waals surface area contributed by atoms with Crippen LogP contribution in [0.1, 0.15) is 55.3 Å². The Morgan fingerprint density at radius 1 is 1.29 bits per heavy atom. The van der Waals surface area contributed by atoms with E-state index in [-0.39, 0.29) is 18.1 Å². The summed E-state index contributed by atoms with van der Waals surface area (Å²) >= 11 is 0. The van der Waals surface area contributed by atoms with Gasteiger partial charge in [-0.15, -0.1) is 0 Å². The van der Waals surface area contributed by atoms with Gasteiger partial charge in [0.05, 0.1) is 11.8 Å². The molecular formula is C16H25NO4. The summed E-state index contributed by atoms with van der Waals surface area (Å²) in [6.07, 6.45) is 3.23. The molecule has 21 heavy (non-hydrogen) atoms. The van der Waals surface area contributed by atoms with E-state index >= 15 is 0 Å². The minimum atomic E-state index is -0.999. The number of aryl methyl sites for hydroxylation is 1. The lowest BCUT2D eigenvalue weighted by Gasteiger charge is -2.25. The van der Waals surface area contributed by atoms with Crippen molar-refractivity contribution < 1.29 is 19.1 Å². The lowest BCUT2D eigenvalue weighted by Crippen LogP contribution is -2.35. The summed E-state index contributed by atoms with van der Waals surface area (Å²) < 4.78 is 5.25. The lowest BCUT2D eigenvalue weighted by atomic mass is 10.0. The fourth-order valence-electron chi connectivity index (χ4n) is 2.42. The number of hydrogen-bond donors (Lipinski definition) is 1.